The monoisotopic (exact) mass is 344 g/mol. The van der Waals surface area contributed by atoms with Crippen LogP contribution in [0.2, 0.25) is 0 Å². The lowest BCUT2D eigenvalue weighted by molar-refractivity contribution is -0.136. The highest BCUT2D eigenvalue weighted by atomic mass is 35.5. The second-order valence-electron chi connectivity index (χ2n) is 7.26. The SMILES string of the molecule is CC1(C)CN(C(=O)C2CC2c2ccc(F)cc2F)CCC1N.Cl. The minimum Gasteiger partial charge on any atom is -0.342 e. The molecule has 2 aliphatic rings. The first-order valence-corrected chi connectivity index (χ1v) is 7.79. The van der Waals surface area contributed by atoms with Crippen LogP contribution < -0.4 is 5.73 Å². The molecule has 0 aromatic heterocycles. The van der Waals surface area contributed by atoms with E-state index in [-0.39, 0.29) is 41.6 Å². The van der Waals surface area contributed by atoms with Gasteiger partial charge in [-0.2, -0.15) is 0 Å². The van der Waals surface area contributed by atoms with Gasteiger partial charge in [-0.3, -0.25) is 4.79 Å². The largest absolute Gasteiger partial charge is 0.342 e. The number of nitrogens with two attached hydrogens (primary N) is 1. The quantitative estimate of drug-likeness (QED) is 0.896. The maximum atomic E-state index is 13.8. The van der Waals surface area contributed by atoms with Crippen LogP contribution in [0.25, 0.3) is 0 Å². The lowest BCUT2D eigenvalue weighted by Crippen LogP contribution is -2.54. The fourth-order valence-electron chi connectivity index (χ4n) is 3.41. The molecule has 3 unspecified atom stereocenters. The Balaban J connectivity index is 0.00000192. The Kier molecular flexibility index (Phi) is 5.02. The van der Waals surface area contributed by atoms with Crippen LogP contribution in [0.5, 0.6) is 0 Å². The zero-order valence-corrected chi connectivity index (χ0v) is 14.2. The molecule has 3 nitrogen and oxygen atoms in total. The van der Waals surface area contributed by atoms with Crippen molar-refractivity contribution in [3.8, 4) is 0 Å². The van der Waals surface area contributed by atoms with Crippen molar-refractivity contribution >= 4 is 18.3 Å². The Morgan fingerprint density at radius 1 is 1.35 bits per heavy atom. The molecule has 1 saturated carbocycles. The Morgan fingerprint density at radius 2 is 2.04 bits per heavy atom. The van der Waals surface area contributed by atoms with Gasteiger partial charge in [-0.15, -0.1) is 12.4 Å². The maximum absolute atomic E-state index is 13.8. The number of nitrogens with zero attached hydrogens (tertiary/aromatic N) is 1. The summed E-state index contributed by atoms with van der Waals surface area (Å²) in [6.45, 7) is 5.45. The minimum atomic E-state index is -0.587. The number of carbonyl (C=O) groups is 1. The van der Waals surface area contributed by atoms with E-state index in [2.05, 4.69) is 13.8 Å². The van der Waals surface area contributed by atoms with E-state index in [0.717, 1.165) is 12.5 Å². The first-order chi connectivity index (χ1) is 10.3. The van der Waals surface area contributed by atoms with Crippen LogP contribution >= 0.6 is 12.4 Å². The van der Waals surface area contributed by atoms with Crippen LogP contribution in [0.4, 0.5) is 8.78 Å². The van der Waals surface area contributed by atoms with Crippen molar-refractivity contribution in [2.75, 3.05) is 13.1 Å². The van der Waals surface area contributed by atoms with Crippen LogP contribution in [0, 0.1) is 23.0 Å². The van der Waals surface area contributed by atoms with Gasteiger partial charge in [-0.25, -0.2) is 8.78 Å². The molecule has 1 aromatic rings. The summed E-state index contributed by atoms with van der Waals surface area (Å²) in [5, 5.41) is 0. The molecule has 1 amide bonds. The van der Waals surface area contributed by atoms with Crippen LogP contribution in [0.3, 0.4) is 0 Å². The fourth-order valence-corrected chi connectivity index (χ4v) is 3.41. The molecular formula is C17H23ClF2N2O. The highest BCUT2D eigenvalue weighted by Gasteiger charge is 2.48. The van der Waals surface area contributed by atoms with Gasteiger partial charge < -0.3 is 10.6 Å². The first kappa shape index (κ1) is 18.1. The Labute approximate surface area is 141 Å². The predicted molar refractivity (Wildman–Crippen MR) is 87.4 cm³/mol. The number of amides is 1. The molecule has 0 spiro atoms. The van der Waals surface area contributed by atoms with Gasteiger partial charge in [0.15, 0.2) is 0 Å². The molecule has 23 heavy (non-hydrogen) atoms. The topological polar surface area (TPSA) is 46.3 Å². The second-order valence-corrected chi connectivity index (χ2v) is 7.26. The molecule has 2 N–H and O–H groups in total. The highest BCUT2D eigenvalue weighted by molar-refractivity contribution is 5.85. The predicted octanol–water partition coefficient (Wildman–Crippen LogP) is 3.08. The van der Waals surface area contributed by atoms with Crippen molar-refractivity contribution in [2.45, 2.75) is 38.6 Å². The summed E-state index contributed by atoms with van der Waals surface area (Å²) in [7, 11) is 0. The second kappa shape index (κ2) is 6.36. The average Bonchev–Trinajstić information content (AvgIpc) is 3.21. The van der Waals surface area contributed by atoms with E-state index in [9.17, 15) is 13.6 Å². The van der Waals surface area contributed by atoms with Crippen LogP contribution in [0.15, 0.2) is 18.2 Å². The van der Waals surface area contributed by atoms with Crippen molar-refractivity contribution in [2.24, 2.45) is 17.1 Å². The maximum Gasteiger partial charge on any atom is 0.226 e. The van der Waals surface area contributed by atoms with Gasteiger partial charge in [0, 0.05) is 31.1 Å². The van der Waals surface area contributed by atoms with Crippen molar-refractivity contribution < 1.29 is 13.6 Å². The van der Waals surface area contributed by atoms with Gasteiger partial charge in [0.2, 0.25) is 5.91 Å². The molecule has 6 heteroatoms. The van der Waals surface area contributed by atoms with Gasteiger partial charge in [-0.05, 0) is 35.8 Å². The van der Waals surface area contributed by atoms with Gasteiger partial charge in [-0.1, -0.05) is 19.9 Å². The lowest BCUT2D eigenvalue weighted by atomic mass is 9.79. The van der Waals surface area contributed by atoms with E-state index in [4.69, 9.17) is 5.73 Å². The van der Waals surface area contributed by atoms with E-state index in [1.54, 1.807) is 0 Å². The molecule has 128 valence electrons. The summed E-state index contributed by atoms with van der Waals surface area (Å²) in [4.78, 5) is 14.5. The molecule has 1 aliphatic heterocycles. The third-order valence-electron chi connectivity index (χ3n) is 5.09. The van der Waals surface area contributed by atoms with Gasteiger partial charge >= 0.3 is 0 Å². The summed E-state index contributed by atoms with van der Waals surface area (Å²) in [6, 6.07) is 3.69. The number of piperidine rings is 1. The molecule has 2 fully saturated rings. The van der Waals surface area contributed by atoms with Gasteiger partial charge in [0.1, 0.15) is 11.6 Å². The smallest absolute Gasteiger partial charge is 0.226 e. The third-order valence-corrected chi connectivity index (χ3v) is 5.09. The summed E-state index contributed by atoms with van der Waals surface area (Å²) < 4.78 is 26.8. The number of carbonyl (C=O) groups excluding carboxylic acids is 1. The van der Waals surface area contributed by atoms with Crippen LogP contribution in [-0.4, -0.2) is 29.9 Å². The van der Waals surface area contributed by atoms with E-state index >= 15 is 0 Å². The van der Waals surface area contributed by atoms with Crippen molar-refractivity contribution in [3.63, 3.8) is 0 Å². The van der Waals surface area contributed by atoms with Crippen LogP contribution in [-0.2, 0) is 4.79 Å². The minimum absolute atomic E-state index is 0. The number of hydrogen-bond donors (Lipinski definition) is 1. The van der Waals surface area contributed by atoms with Gasteiger partial charge in [0.25, 0.3) is 0 Å². The lowest BCUT2D eigenvalue weighted by Gasteiger charge is -2.42. The first-order valence-electron chi connectivity index (χ1n) is 7.79. The van der Waals surface area contributed by atoms with Crippen LogP contribution in [0.1, 0.15) is 38.2 Å². The molecule has 1 heterocycles. The van der Waals surface area contributed by atoms with Gasteiger partial charge in [0.05, 0.1) is 0 Å². The Bertz CT molecular complexity index is 608. The summed E-state index contributed by atoms with van der Waals surface area (Å²) >= 11 is 0. The third kappa shape index (κ3) is 3.50. The zero-order chi connectivity index (χ0) is 16.1. The zero-order valence-electron chi connectivity index (χ0n) is 13.4. The molecule has 0 bridgehead atoms. The summed E-state index contributed by atoms with van der Waals surface area (Å²) in [5.74, 6) is -1.36. The van der Waals surface area contributed by atoms with Crippen molar-refractivity contribution in [1.29, 1.82) is 0 Å². The molecule has 3 atom stereocenters. The Morgan fingerprint density at radius 3 is 2.65 bits per heavy atom. The molecular weight excluding hydrogens is 322 g/mol. The number of rotatable bonds is 2. The molecule has 0 radical (unpaired) electrons. The number of hydrogen-bond acceptors (Lipinski definition) is 2. The number of halogens is 3. The summed E-state index contributed by atoms with van der Waals surface area (Å²) in [5.41, 5.74) is 6.45. The van der Waals surface area contributed by atoms with Crippen molar-refractivity contribution in [1.82, 2.24) is 4.90 Å². The normalized spacial score (nSPS) is 28.9. The molecule has 1 aromatic carbocycles. The molecule has 3 rings (SSSR count). The fraction of sp³-hybridized carbons (Fsp3) is 0.588. The highest BCUT2D eigenvalue weighted by Crippen LogP contribution is 2.49. The molecule has 1 saturated heterocycles. The standard InChI is InChI=1S/C17H22F2N2O.ClH/c1-17(2)9-21(6-5-15(17)20)16(22)13-8-12(13)11-4-3-10(18)7-14(11)19;/h3-4,7,12-13,15H,5-6,8-9,20H2,1-2H3;1H. The van der Waals surface area contributed by atoms with Crippen molar-refractivity contribution in [3.05, 3.63) is 35.4 Å². The summed E-state index contributed by atoms with van der Waals surface area (Å²) in [6.07, 6.45) is 1.44. The molecule has 1 aliphatic carbocycles. The number of likely N-dealkylation sites (tertiary alicyclic amines) is 1. The van der Waals surface area contributed by atoms with E-state index < -0.39 is 11.6 Å². The van der Waals surface area contributed by atoms with E-state index in [0.29, 0.717) is 25.1 Å². The average molecular weight is 345 g/mol. The van der Waals surface area contributed by atoms with E-state index in [1.807, 2.05) is 4.90 Å². The Hall–Kier alpha value is -1.20. The number of benzene rings is 1. The van der Waals surface area contributed by atoms with E-state index in [1.165, 1.54) is 12.1 Å².